The largest absolute Gasteiger partial charge is 0.451 e. The Labute approximate surface area is 188 Å². The predicted molar refractivity (Wildman–Crippen MR) is 116 cm³/mol. The van der Waals surface area contributed by atoms with Gasteiger partial charge in [-0.05, 0) is 29.8 Å². The molecule has 3 aromatic rings. The van der Waals surface area contributed by atoms with Gasteiger partial charge in [-0.1, -0.05) is 24.3 Å². The topological polar surface area (TPSA) is 132 Å². The second kappa shape index (κ2) is 8.72. The molecule has 0 saturated carbocycles. The molecular weight excluding hydrogens is 481 g/mol. The highest BCUT2D eigenvalue weighted by molar-refractivity contribution is 7.90. The molecular formula is C20H19F3N4O4S2. The number of hydrogen-bond acceptors (Lipinski definition) is 7. The van der Waals surface area contributed by atoms with Gasteiger partial charge in [0.15, 0.2) is 9.84 Å². The molecule has 13 heteroatoms. The van der Waals surface area contributed by atoms with Crippen molar-refractivity contribution in [2.45, 2.75) is 22.4 Å². The van der Waals surface area contributed by atoms with E-state index in [1.54, 1.807) is 0 Å². The highest BCUT2D eigenvalue weighted by Crippen LogP contribution is 2.34. The Kier molecular flexibility index (Phi) is 6.51. The maximum atomic E-state index is 13.4. The van der Waals surface area contributed by atoms with Gasteiger partial charge in [-0.3, -0.25) is 0 Å². The maximum Gasteiger partial charge on any atom is 0.451 e. The minimum Gasteiger partial charge on any atom is -0.373 e. The van der Waals surface area contributed by atoms with Gasteiger partial charge in [-0.15, -0.1) is 0 Å². The lowest BCUT2D eigenvalue weighted by atomic mass is 9.99. The van der Waals surface area contributed by atoms with Crippen LogP contribution in [0.4, 0.5) is 19.0 Å². The Balaban J connectivity index is 2.17. The molecule has 0 aliphatic rings. The number of benzene rings is 2. The van der Waals surface area contributed by atoms with Crippen LogP contribution in [0.5, 0.6) is 0 Å². The van der Waals surface area contributed by atoms with Crippen LogP contribution < -0.4 is 10.5 Å². The number of nitrogens with one attached hydrogen (secondary N) is 1. The fraction of sp³-hybridized carbons (Fsp3) is 0.200. The van der Waals surface area contributed by atoms with Gasteiger partial charge in [-0.2, -0.15) is 13.2 Å². The summed E-state index contributed by atoms with van der Waals surface area (Å²) in [6, 6.07) is 10.8. The third kappa shape index (κ3) is 5.67. The molecule has 0 bridgehead atoms. The maximum absolute atomic E-state index is 13.4. The third-order valence-corrected chi connectivity index (χ3v) is 6.74. The predicted octanol–water partition coefficient (Wildman–Crippen LogP) is 2.85. The van der Waals surface area contributed by atoms with Gasteiger partial charge in [0.25, 0.3) is 0 Å². The molecule has 1 heterocycles. The highest BCUT2D eigenvalue weighted by Gasteiger charge is 2.36. The van der Waals surface area contributed by atoms with Crippen LogP contribution >= 0.6 is 0 Å². The molecule has 8 nitrogen and oxygen atoms in total. The van der Waals surface area contributed by atoms with Crippen molar-refractivity contribution >= 4 is 25.7 Å². The van der Waals surface area contributed by atoms with E-state index in [9.17, 15) is 30.0 Å². The van der Waals surface area contributed by atoms with Crippen LogP contribution in [0.2, 0.25) is 0 Å². The molecule has 3 N–H and O–H groups in total. The van der Waals surface area contributed by atoms with Gasteiger partial charge < -0.3 is 5.32 Å². The van der Waals surface area contributed by atoms with Crippen molar-refractivity contribution in [1.29, 1.82) is 0 Å². The number of halogens is 3. The van der Waals surface area contributed by atoms with E-state index in [0.29, 0.717) is 11.1 Å². The van der Waals surface area contributed by atoms with Gasteiger partial charge in [0.05, 0.1) is 15.5 Å². The lowest BCUT2D eigenvalue weighted by molar-refractivity contribution is -0.144. The number of sulfone groups is 1. The van der Waals surface area contributed by atoms with Gasteiger partial charge in [-0.25, -0.2) is 31.9 Å². The summed E-state index contributed by atoms with van der Waals surface area (Å²) < 4.78 is 86.7. The van der Waals surface area contributed by atoms with Crippen LogP contribution in [0.15, 0.2) is 58.3 Å². The Morgan fingerprint density at radius 1 is 0.909 bits per heavy atom. The van der Waals surface area contributed by atoms with E-state index in [0.717, 1.165) is 6.26 Å². The minimum atomic E-state index is -4.82. The molecule has 0 unspecified atom stereocenters. The van der Waals surface area contributed by atoms with Crippen molar-refractivity contribution in [3.63, 3.8) is 0 Å². The van der Waals surface area contributed by atoms with Crippen molar-refractivity contribution < 1.29 is 30.0 Å². The third-order valence-electron chi connectivity index (χ3n) is 4.69. The Morgan fingerprint density at radius 2 is 1.45 bits per heavy atom. The van der Waals surface area contributed by atoms with Crippen LogP contribution in [0.25, 0.3) is 11.3 Å². The number of primary sulfonamides is 1. The minimum absolute atomic E-state index is 0.00493. The van der Waals surface area contributed by atoms with Gasteiger partial charge in [0, 0.05) is 30.9 Å². The monoisotopic (exact) mass is 500 g/mol. The van der Waals surface area contributed by atoms with E-state index in [2.05, 4.69) is 15.3 Å². The van der Waals surface area contributed by atoms with Gasteiger partial charge in [0.2, 0.25) is 15.8 Å². The average Bonchev–Trinajstić information content (AvgIpc) is 2.72. The summed E-state index contributed by atoms with van der Waals surface area (Å²) in [7, 11) is -6.00. The number of alkyl halides is 3. The van der Waals surface area contributed by atoms with E-state index in [-0.39, 0.29) is 33.3 Å². The first-order valence-electron chi connectivity index (χ1n) is 9.28. The SMILES string of the molecule is CNc1nc(C(F)(F)F)nc(-c2ccc(S(C)(=O)=O)cc2)c1Cc1ccc(S(N)(=O)=O)cc1. The van der Waals surface area contributed by atoms with Crippen LogP contribution in [0.3, 0.4) is 0 Å². The zero-order valence-corrected chi connectivity index (χ0v) is 19.0. The van der Waals surface area contributed by atoms with E-state index in [1.807, 2.05) is 0 Å². The average molecular weight is 501 g/mol. The first kappa shape index (κ1) is 24.6. The second-order valence-corrected chi connectivity index (χ2v) is 10.7. The van der Waals surface area contributed by atoms with Crippen LogP contribution in [-0.2, 0) is 32.5 Å². The molecule has 0 spiro atoms. The lowest BCUT2D eigenvalue weighted by Crippen LogP contribution is -2.16. The number of hydrogen-bond donors (Lipinski definition) is 2. The van der Waals surface area contributed by atoms with Crippen molar-refractivity contribution in [2.75, 3.05) is 18.6 Å². The smallest absolute Gasteiger partial charge is 0.373 e. The molecule has 176 valence electrons. The van der Waals surface area contributed by atoms with Gasteiger partial charge >= 0.3 is 6.18 Å². The standard InChI is InChI=1S/C20H19F3N4O4S2/c1-25-18-16(11-12-3-7-15(8-4-12)33(24,30)31)17(26-19(27-18)20(21,22)23)13-5-9-14(10-6-13)32(2,28)29/h3-10H,11H2,1-2H3,(H2,24,30,31)(H,25,26,27). The molecule has 33 heavy (non-hydrogen) atoms. The van der Waals surface area contributed by atoms with E-state index < -0.39 is 31.9 Å². The summed E-state index contributed by atoms with van der Waals surface area (Å²) in [5.74, 6) is -1.43. The molecule has 2 aromatic carbocycles. The summed E-state index contributed by atoms with van der Waals surface area (Å²) >= 11 is 0. The molecule has 0 amide bonds. The fourth-order valence-electron chi connectivity index (χ4n) is 3.08. The van der Waals surface area contributed by atoms with E-state index in [4.69, 9.17) is 5.14 Å². The molecule has 0 aliphatic carbocycles. The molecule has 1 aromatic heterocycles. The molecule has 0 radical (unpaired) electrons. The van der Waals surface area contributed by atoms with Crippen LogP contribution in [-0.4, -0.2) is 40.1 Å². The quantitative estimate of drug-likeness (QED) is 0.532. The zero-order chi connectivity index (χ0) is 24.6. The Bertz CT molecular complexity index is 1390. The summed E-state index contributed by atoms with van der Waals surface area (Å²) in [6.07, 6.45) is -3.74. The highest BCUT2D eigenvalue weighted by atomic mass is 32.2. The van der Waals surface area contributed by atoms with Crippen molar-refractivity contribution in [1.82, 2.24) is 9.97 Å². The number of anilines is 1. The first-order valence-corrected chi connectivity index (χ1v) is 12.7. The molecule has 0 atom stereocenters. The van der Waals surface area contributed by atoms with Crippen molar-refractivity contribution in [3.05, 3.63) is 65.5 Å². The number of aromatic nitrogens is 2. The number of sulfonamides is 1. The summed E-state index contributed by atoms with van der Waals surface area (Å²) in [5, 5.41) is 7.75. The molecule has 0 fully saturated rings. The lowest BCUT2D eigenvalue weighted by Gasteiger charge is -2.17. The first-order chi connectivity index (χ1) is 15.2. The zero-order valence-electron chi connectivity index (χ0n) is 17.4. The van der Waals surface area contributed by atoms with Crippen LogP contribution in [0, 0.1) is 0 Å². The second-order valence-electron chi connectivity index (χ2n) is 7.13. The fourth-order valence-corrected chi connectivity index (χ4v) is 4.23. The number of rotatable bonds is 6. The van der Waals surface area contributed by atoms with Crippen molar-refractivity contribution in [2.24, 2.45) is 5.14 Å². The van der Waals surface area contributed by atoms with Crippen molar-refractivity contribution in [3.8, 4) is 11.3 Å². The molecule has 0 saturated heterocycles. The summed E-state index contributed by atoms with van der Waals surface area (Å²) in [5.41, 5.74) is 1.08. The molecule has 0 aliphatic heterocycles. The number of nitrogens with zero attached hydrogens (tertiary/aromatic N) is 2. The Morgan fingerprint density at radius 3 is 1.91 bits per heavy atom. The van der Waals surface area contributed by atoms with E-state index >= 15 is 0 Å². The van der Waals surface area contributed by atoms with E-state index in [1.165, 1.54) is 55.6 Å². The number of nitrogens with two attached hydrogens (primary N) is 1. The molecule has 3 rings (SSSR count). The Hall–Kier alpha value is -3.03. The van der Waals surface area contributed by atoms with Crippen LogP contribution in [0.1, 0.15) is 17.0 Å². The normalized spacial score (nSPS) is 12.5. The van der Waals surface area contributed by atoms with Gasteiger partial charge in [0.1, 0.15) is 5.82 Å². The summed E-state index contributed by atoms with van der Waals surface area (Å²) in [6.45, 7) is 0. The summed E-state index contributed by atoms with van der Waals surface area (Å²) in [4.78, 5) is 7.22.